The number of anilines is 1. The molecule has 0 aliphatic heterocycles. The number of amides is 1. The van der Waals surface area contributed by atoms with Crippen LogP contribution < -0.4 is 24.9 Å². The molecule has 0 bridgehead atoms. The van der Waals surface area contributed by atoms with Gasteiger partial charge in [0.05, 0.1) is 0 Å². The molecule has 1 aromatic rings. The first-order valence-corrected chi connectivity index (χ1v) is 6.80. The van der Waals surface area contributed by atoms with Gasteiger partial charge in [-0.25, -0.2) is 0 Å². The topological polar surface area (TPSA) is 111 Å². The first kappa shape index (κ1) is 18.2. The van der Waals surface area contributed by atoms with Crippen molar-refractivity contribution in [3.8, 4) is 11.5 Å². The molecule has 0 heterocycles. The average Bonchev–Trinajstić information content (AvgIpc) is 2.44. The first-order valence-electron chi connectivity index (χ1n) is 6.22. The van der Waals surface area contributed by atoms with Crippen molar-refractivity contribution in [2.24, 2.45) is 5.73 Å². The summed E-state index contributed by atoms with van der Waals surface area (Å²) in [5.41, 5.74) is 5.82. The fraction of sp³-hybridized carbons (Fsp3) is 0.385. The molecule has 1 amide bonds. The molecule has 7 nitrogen and oxygen atoms in total. The predicted octanol–water partition coefficient (Wildman–Crippen LogP) is -0.450. The van der Waals surface area contributed by atoms with E-state index in [0.29, 0.717) is 4.43 Å². The number of nitrogens with one attached hydrogen (secondary N) is 1. The summed E-state index contributed by atoms with van der Waals surface area (Å²) in [4.78, 5) is 22.2. The molecular formula is C13H16AlFN2O5+. The quantitative estimate of drug-likeness (QED) is 0.611. The van der Waals surface area contributed by atoms with Crippen LogP contribution in [0.5, 0.6) is 11.5 Å². The van der Waals surface area contributed by atoms with E-state index in [9.17, 15) is 14.0 Å². The Morgan fingerprint density at radius 1 is 1.36 bits per heavy atom. The zero-order valence-electron chi connectivity index (χ0n) is 12.4. The van der Waals surface area contributed by atoms with Crippen LogP contribution in [0.3, 0.4) is 0 Å². The van der Waals surface area contributed by atoms with Crippen LogP contribution in [-0.4, -0.2) is 53.5 Å². The molecule has 22 heavy (non-hydrogen) atoms. The van der Waals surface area contributed by atoms with Gasteiger partial charge in [-0.3, -0.25) is 0 Å². The first-order chi connectivity index (χ1) is 10.2. The number of carbonyl (C=O) groups excluding carboxylic acids is 1. The van der Waals surface area contributed by atoms with Crippen molar-refractivity contribution < 1.29 is 28.6 Å². The van der Waals surface area contributed by atoms with Gasteiger partial charge in [0.2, 0.25) is 0 Å². The van der Waals surface area contributed by atoms with Crippen LogP contribution in [-0.2, 0) is 16.0 Å². The second-order valence-electron chi connectivity index (χ2n) is 4.48. The standard InChI is InChI=1S/C13H16FN2O5.Al/c1-6(17)16-9-5-7(4-8(15)13(18)19)11(20-2)10(14)12(9)21-3;/h8H,4,15H2,1-3H3,(H,16,17)(H,18,19);/q;+1. The van der Waals surface area contributed by atoms with Crippen LogP contribution in [0.25, 0.3) is 0 Å². The number of carboxylic acids is 1. The Bertz CT molecular complexity index is 609. The molecule has 1 atom stereocenters. The third-order valence-electron chi connectivity index (χ3n) is 2.94. The minimum absolute atomic E-state index is 0.0888. The van der Waals surface area contributed by atoms with Gasteiger partial charge in [0.1, 0.15) is 0 Å². The Hall–Kier alpha value is -1.82. The Morgan fingerprint density at radius 2 is 1.91 bits per heavy atom. The summed E-state index contributed by atoms with van der Waals surface area (Å²) < 4.78 is 24.8. The van der Waals surface area contributed by atoms with Crippen molar-refractivity contribution in [3.05, 3.63) is 11.4 Å². The molecule has 1 unspecified atom stereocenters. The van der Waals surface area contributed by atoms with E-state index < -0.39 is 23.7 Å². The third kappa shape index (κ3) is 3.68. The number of hydrogen-bond acceptors (Lipinski definition) is 5. The summed E-state index contributed by atoms with van der Waals surface area (Å²) in [6.45, 7) is 1.26. The van der Waals surface area contributed by atoms with Crippen molar-refractivity contribution in [1.29, 1.82) is 0 Å². The predicted molar refractivity (Wildman–Crippen MR) is 78.5 cm³/mol. The second-order valence-corrected chi connectivity index (χ2v) is 5.06. The molecule has 0 aliphatic carbocycles. The Morgan fingerprint density at radius 3 is 2.32 bits per heavy atom. The molecule has 117 valence electrons. The molecular weight excluding hydrogens is 310 g/mol. The van der Waals surface area contributed by atoms with Crippen LogP contribution in [0.15, 0.2) is 0 Å². The van der Waals surface area contributed by atoms with E-state index in [1.165, 1.54) is 21.1 Å². The molecule has 0 saturated heterocycles. The number of nitrogens with two attached hydrogens (primary N) is 1. The van der Waals surface area contributed by atoms with E-state index >= 15 is 0 Å². The van der Waals surface area contributed by atoms with Crippen molar-refractivity contribution >= 4 is 38.3 Å². The van der Waals surface area contributed by atoms with Crippen LogP contribution in [0.4, 0.5) is 10.1 Å². The van der Waals surface area contributed by atoms with Gasteiger partial charge in [-0.15, -0.1) is 0 Å². The van der Waals surface area contributed by atoms with Crippen LogP contribution in [0, 0.1) is 5.82 Å². The molecule has 0 saturated carbocycles. The molecule has 1 aromatic carbocycles. The van der Waals surface area contributed by atoms with Gasteiger partial charge in [-0.05, 0) is 0 Å². The third-order valence-corrected chi connectivity index (χ3v) is 3.58. The van der Waals surface area contributed by atoms with Crippen molar-refractivity contribution in [1.82, 2.24) is 0 Å². The number of benzene rings is 1. The summed E-state index contributed by atoms with van der Waals surface area (Å²) in [6.07, 6.45) is -0.176. The van der Waals surface area contributed by atoms with E-state index in [0.717, 1.165) is 0 Å². The molecule has 1 rings (SSSR count). The van der Waals surface area contributed by atoms with Gasteiger partial charge < -0.3 is 0 Å². The van der Waals surface area contributed by atoms with Gasteiger partial charge in [0.15, 0.2) is 0 Å². The van der Waals surface area contributed by atoms with E-state index in [1.807, 2.05) is 0 Å². The number of aliphatic carboxylic acids is 1. The van der Waals surface area contributed by atoms with E-state index in [4.69, 9.17) is 20.3 Å². The molecule has 0 aliphatic rings. The maximum atomic E-state index is 14.5. The fourth-order valence-corrected chi connectivity index (χ4v) is 2.41. The summed E-state index contributed by atoms with van der Waals surface area (Å²) >= 11 is 2.32. The summed E-state index contributed by atoms with van der Waals surface area (Å²) in [5.74, 6) is -2.88. The summed E-state index contributed by atoms with van der Waals surface area (Å²) in [6, 6.07) is -1.24. The molecule has 9 heteroatoms. The Kier molecular flexibility index (Phi) is 6.17. The molecule has 0 fully saturated rings. The molecule has 0 aromatic heterocycles. The fourth-order valence-electron chi connectivity index (χ4n) is 1.96. The van der Waals surface area contributed by atoms with E-state index in [1.54, 1.807) is 0 Å². The molecule has 0 spiro atoms. The maximum absolute atomic E-state index is 14.5. The zero-order chi connectivity index (χ0) is 17.0. The number of carboxylic acid groups (broad SMARTS) is 1. The van der Waals surface area contributed by atoms with Crippen LogP contribution >= 0.6 is 0 Å². The van der Waals surface area contributed by atoms with Crippen molar-refractivity contribution in [2.75, 3.05) is 19.5 Å². The summed E-state index contributed by atoms with van der Waals surface area (Å²) in [7, 11) is 2.49. The number of carbonyl (C=O) groups is 2. The van der Waals surface area contributed by atoms with Gasteiger partial charge in [0.25, 0.3) is 0 Å². The number of halogens is 1. The SMILES string of the molecule is COc1c(F)c(OC)c(NC(C)=O)[c]([Al+])c1CC(N)C(=O)O. The van der Waals surface area contributed by atoms with Gasteiger partial charge in [-0.2, -0.15) is 0 Å². The minimum atomic E-state index is -1.24. The molecule has 1 radical (unpaired) electrons. The van der Waals surface area contributed by atoms with E-state index in [2.05, 4.69) is 21.6 Å². The number of rotatable bonds is 6. The average molecular weight is 326 g/mol. The Balaban J connectivity index is 3.56. The number of methoxy groups -OCH3 is 2. The normalized spacial score (nSPS) is 11.6. The zero-order valence-corrected chi connectivity index (χ0v) is 13.6. The van der Waals surface area contributed by atoms with Crippen LogP contribution in [0.2, 0.25) is 0 Å². The van der Waals surface area contributed by atoms with E-state index in [-0.39, 0.29) is 29.2 Å². The second kappa shape index (κ2) is 7.45. The van der Waals surface area contributed by atoms with Gasteiger partial charge in [0, 0.05) is 0 Å². The Labute approximate surface area is 135 Å². The van der Waals surface area contributed by atoms with Crippen LogP contribution in [0.1, 0.15) is 12.5 Å². The van der Waals surface area contributed by atoms with Crippen molar-refractivity contribution in [3.63, 3.8) is 0 Å². The van der Waals surface area contributed by atoms with Gasteiger partial charge in [-0.1, -0.05) is 0 Å². The van der Waals surface area contributed by atoms with Crippen molar-refractivity contribution in [2.45, 2.75) is 19.4 Å². The number of ether oxygens (including phenoxy) is 2. The number of hydrogen-bond donors (Lipinski definition) is 3. The van der Waals surface area contributed by atoms with Gasteiger partial charge >= 0.3 is 134 Å². The summed E-state index contributed by atoms with van der Waals surface area (Å²) in [5, 5.41) is 11.4. The monoisotopic (exact) mass is 326 g/mol. The molecule has 4 N–H and O–H groups in total.